The Morgan fingerprint density at radius 3 is 2.59 bits per heavy atom. The van der Waals surface area contributed by atoms with Crippen molar-refractivity contribution in [3.05, 3.63) is 52.1 Å². The Hall–Kier alpha value is -2.47. The summed E-state index contributed by atoms with van der Waals surface area (Å²) in [7, 11) is 1.85. The Bertz CT molecular complexity index is 1000. The van der Waals surface area contributed by atoms with Crippen LogP contribution in [0.2, 0.25) is 0 Å². The fraction of sp³-hybridized carbons (Fsp3) is 0.381. The van der Waals surface area contributed by atoms with Crippen molar-refractivity contribution in [1.82, 2.24) is 14.7 Å². The molecule has 1 aliphatic rings. The van der Waals surface area contributed by atoms with Gasteiger partial charge in [-0.1, -0.05) is 43.5 Å². The maximum Gasteiger partial charge on any atom is 0.275 e. The fourth-order valence-corrected chi connectivity index (χ4v) is 4.57. The largest absolute Gasteiger partial charge is 0.341 e. The molecule has 0 atom stereocenters. The van der Waals surface area contributed by atoms with Crippen LogP contribution in [-0.2, 0) is 11.3 Å². The molecular weight excluding hydrogens is 358 g/mol. The molecule has 140 valence electrons. The third-order valence-electron chi connectivity index (χ3n) is 5.42. The minimum Gasteiger partial charge on any atom is -0.341 e. The van der Waals surface area contributed by atoms with Crippen molar-refractivity contribution in [1.29, 1.82) is 0 Å². The quantitative estimate of drug-likeness (QED) is 0.688. The molecule has 0 saturated heterocycles. The van der Waals surface area contributed by atoms with Gasteiger partial charge in [0.25, 0.3) is 5.56 Å². The maximum absolute atomic E-state index is 12.9. The summed E-state index contributed by atoms with van der Waals surface area (Å²) in [5.74, 6) is -0.0519. The Balaban J connectivity index is 1.70. The standard InChI is InChI=1S/C21H23N3O2S/c1-23(15-8-3-2-4-9-15)19(25)14-24-21(26)17-11-6-5-10-16(17)20(22-24)18-12-7-13-27-18/h5-7,10-13,15H,2-4,8-9,14H2,1H3. The molecule has 5 nitrogen and oxygen atoms in total. The van der Waals surface area contributed by atoms with E-state index < -0.39 is 0 Å². The summed E-state index contributed by atoms with van der Waals surface area (Å²) in [5, 5.41) is 8.00. The van der Waals surface area contributed by atoms with Crippen molar-refractivity contribution in [2.75, 3.05) is 7.05 Å². The van der Waals surface area contributed by atoms with E-state index in [4.69, 9.17) is 0 Å². The number of hydrogen-bond donors (Lipinski definition) is 0. The van der Waals surface area contributed by atoms with E-state index in [-0.39, 0.29) is 24.1 Å². The molecule has 1 fully saturated rings. The lowest BCUT2D eigenvalue weighted by molar-refractivity contribution is -0.133. The summed E-state index contributed by atoms with van der Waals surface area (Å²) < 4.78 is 1.33. The highest BCUT2D eigenvalue weighted by atomic mass is 32.1. The number of aromatic nitrogens is 2. The van der Waals surface area contributed by atoms with E-state index in [1.807, 2.05) is 53.7 Å². The first kappa shape index (κ1) is 17.9. The van der Waals surface area contributed by atoms with Crippen molar-refractivity contribution in [2.24, 2.45) is 0 Å². The van der Waals surface area contributed by atoms with Crippen LogP contribution in [0, 0.1) is 0 Å². The maximum atomic E-state index is 12.9. The van der Waals surface area contributed by atoms with Gasteiger partial charge in [0.1, 0.15) is 12.2 Å². The van der Waals surface area contributed by atoms with Crippen molar-refractivity contribution in [3.63, 3.8) is 0 Å². The lowest BCUT2D eigenvalue weighted by atomic mass is 9.94. The predicted octanol–water partition coefficient (Wildman–Crippen LogP) is 3.92. The second-order valence-corrected chi connectivity index (χ2v) is 8.08. The normalized spacial score (nSPS) is 15.1. The number of fused-ring (bicyclic) bond motifs is 1. The van der Waals surface area contributed by atoms with Crippen LogP contribution in [0.3, 0.4) is 0 Å². The Labute approximate surface area is 162 Å². The van der Waals surface area contributed by atoms with Crippen molar-refractivity contribution in [3.8, 4) is 10.6 Å². The first-order valence-electron chi connectivity index (χ1n) is 9.44. The van der Waals surface area contributed by atoms with E-state index in [9.17, 15) is 9.59 Å². The van der Waals surface area contributed by atoms with Gasteiger partial charge < -0.3 is 4.90 Å². The van der Waals surface area contributed by atoms with Crippen LogP contribution in [0.15, 0.2) is 46.6 Å². The Morgan fingerprint density at radius 1 is 1.15 bits per heavy atom. The van der Waals surface area contributed by atoms with E-state index >= 15 is 0 Å². The fourth-order valence-electron chi connectivity index (χ4n) is 3.85. The number of hydrogen-bond acceptors (Lipinski definition) is 4. The molecule has 1 aromatic carbocycles. The lowest BCUT2D eigenvalue weighted by Crippen LogP contribution is -2.42. The van der Waals surface area contributed by atoms with Gasteiger partial charge in [0, 0.05) is 18.5 Å². The van der Waals surface area contributed by atoms with E-state index in [0.29, 0.717) is 5.39 Å². The minimum atomic E-state index is -0.212. The van der Waals surface area contributed by atoms with Gasteiger partial charge in [-0.15, -0.1) is 11.3 Å². The summed E-state index contributed by atoms with van der Waals surface area (Å²) >= 11 is 1.58. The smallest absolute Gasteiger partial charge is 0.275 e. The molecule has 2 aromatic heterocycles. The molecule has 0 N–H and O–H groups in total. The summed E-state index contributed by atoms with van der Waals surface area (Å²) in [4.78, 5) is 28.6. The van der Waals surface area contributed by atoms with Gasteiger partial charge in [-0.3, -0.25) is 9.59 Å². The molecular formula is C21H23N3O2S. The summed E-state index contributed by atoms with van der Waals surface area (Å²) in [5.41, 5.74) is 0.546. The Kier molecular flexibility index (Phi) is 5.07. The Morgan fingerprint density at radius 2 is 1.89 bits per heavy atom. The van der Waals surface area contributed by atoms with Crippen LogP contribution >= 0.6 is 11.3 Å². The molecule has 6 heteroatoms. The zero-order valence-corrected chi connectivity index (χ0v) is 16.2. The molecule has 27 heavy (non-hydrogen) atoms. The van der Waals surface area contributed by atoms with Gasteiger partial charge in [-0.25, -0.2) is 4.68 Å². The van der Waals surface area contributed by atoms with Crippen LogP contribution in [-0.4, -0.2) is 33.7 Å². The molecule has 0 unspecified atom stereocenters. The summed E-state index contributed by atoms with van der Waals surface area (Å²) in [6, 6.07) is 11.7. The van der Waals surface area contributed by atoms with Gasteiger partial charge in [0.2, 0.25) is 5.91 Å². The zero-order chi connectivity index (χ0) is 18.8. The van der Waals surface area contributed by atoms with Crippen LogP contribution in [0.5, 0.6) is 0 Å². The predicted molar refractivity (Wildman–Crippen MR) is 109 cm³/mol. The van der Waals surface area contributed by atoms with Crippen molar-refractivity contribution in [2.45, 2.75) is 44.7 Å². The van der Waals surface area contributed by atoms with Gasteiger partial charge in [-0.2, -0.15) is 5.10 Å². The first-order chi connectivity index (χ1) is 13.1. The number of rotatable bonds is 4. The van der Waals surface area contributed by atoms with Crippen LogP contribution < -0.4 is 5.56 Å². The number of amides is 1. The highest BCUT2D eigenvalue weighted by Crippen LogP contribution is 2.28. The van der Waals surface area contributed by atoms with E-state index in [0.717, 1.165) is 28.8 Å². The van der Waals surface area contributed by atoms with E-state index in [2.05, 4.69) is 5.10 Å². The van der Waals surface area contributed by atoms with Gasteiger partial charge >= 0.3 is 0 Å². The molecule has 0 spiro atoms. The summed E-state index contributed by atoms with van der Waals surface area (Å²) in [6.07, 6.45) is 5.66. The molecule has 0 aliphatic heterocycles. The van der Waals surface area contributed by atoms with Crippen LogP contribution in [0.4, 0.5) is 0 Å². The molecule has 1 saturated carbocycles. The van der Waals surface area contributed by atoms with Crippen molar-refractivity contribution < 1.29 is 4.79 Å². The number of likely N-dealkylation sites (N-methyl/N-ethyl adjacent to an activating group) is 1. The zero-order valence-electron chi connectivity index (χ0n) is 15.4. The number of thiophene rings is 1. The van der Waals surface area contributed by atoms with E-state index in [1.165, 1.54) is 23.9 Å². The highest BCUT2D eigenvalue weighted by molar-refractivity contribution is 7.13. The molecule has 2 heterocycles. The van der Waals surface area contributed by atoms with Crippen molar-refractivity contribution >= 4 is 28.0 Å². The molecule has 0 bridgehead atoms. The monoisotopic (exact) mass is 381 g/mol. The molecule has 3 aromatic rings. The van der Waals surface area contributed by atoms with Gasteiger partial charge in [-0.05, 0) is 30.4 Å². The van der Waals surface area contributed by atoms with Crippen LogP contribution in [0.25, 0.3) is 21.3 Å². The second kappa shape index (κ2) is 7.64. The second-order valence-electron chi connectivity index (χ2n) is 7.13. The van der Waals surface area contributed by atoms with Gasteiger partial charge in [0.05, 0.1) is 10.3 Å². The number of carbonyl (C=O) groups excluding carboxylic acids is 1. The van der Waals surface area contributed by atoms with E-state index in [1.54, 1.807) is 11.3 Å². The van der Waals surface area contributed by atoms with Crippen LogP contribution in [0.1, 0.15) is 32.1 Å². The third-order valence-corrected chi connectivity index (χ3v) is 6.30. The average Bonchev–Trinajstić information content (AvgIpc) is 3.25. The first-order valence-corrected chi connectivity index (χ1v) is 10.3. The molecule has 1 aliphatic carbocycles. The lowest BCUT2D eigenvalue weighted by Gasteiger charge is -2.31. The third kappa shape index (κ3) is 3.54. The topological polar surface area (TPSA) is 55.2 Å². The number of carbonyl (C=O) groups is 1. The molecule has 4 rings (SSSR count). The summed E-state index contributed by atoms with van der Waals surface area (Å²) in [6.45, 7) is -0.0188. The van der Waals surface area contributed by atoms with Gasteiger partial charge in [0.15, 0.2) is 0 Å². The number of benzene rings is 1. The molecule has 1 amide bonds. The highest BCUT2D eigenvalue weighted by Gasteiger charge is 2.23. The number of nitrogens with zero attached hydrogens (tertiary/aromatic N) is 3. The average molecular weight is 382 g/mol. The SMILES string of the molecule is CN(C(=O)Cn1nc(-c2cccs2)c2ccccc2c1=O)C1CCCCC1. The minimum absolute atomic E-state index is 0.0188. The molecule has 0 radical (unpaired) electrons.